The van der Waals surface area contributed by atoms with E-state index in [1.807, 2.05) is 29.7 Å². The first kappa shape index (κ1) is 14.6. The first-order chi connectivity index (χ1) is 11.5. The minimum absolute atomic E-state index is 0.0630. The molecule has 2 aromatic heterocycles. The summed E-state index contributed by atoms with van der Waals surface area (Å²) in [7, 11) is 0. The molecular formula is C18H17N3O3. The molecule has 24 heavy (non-hydrogen) atoms. The highest BCUT2D eigenvalue weighted by molar-refractivity contribution is 5.78. The number of phenols is 2. The number of fused-ring (bicyclic) bond motifs is 3. The van der Waals surface area contributed by atoms with Crippen LogP contribution in [-0.2, 0) is 11.3 Å². The van der Waals surface area contributed by atoms with Crippen molar-refractivity contribution in [2.24, 2.45) is 0 Å². The third-order valence-electron chi connectivity index (χ3n) is 4.45. The minimum Gasteiger partial charge on any atom is -0.504 e. The fraction of sp³-hybridized carbons (Fsp3) is 0.222. The number of phenolic OH excluding ortho intramolecular Hbond substituents is 2. The molecule has 3 aromatic rings. The Morgan fingerprint density at radius 1 is 1.21 bits per heavy atom. The third-order valence-corrected chi connectivity index (χ3v) is 4.45. The Labute approximate surface area is 138 Å². The van der Waals surface area contributed by atoms with E-state index in [1.54, 1.807) is 6.07 Å². The monoisotopic (exact) mass is 323 g/mol. The molecule has 0 bridgehead atoms. The summed E-state index contributed by atoms with van der Waals surface area (Å²) in [5.41, 5.74) is 4.46. The summed E-state index contributed by atoms with van der Waals surface area (Å²) < 4.78 is 2.01. The number of imidazole rings is 1. The standard InChI is InChI=1S/C18H17N3O3/c1-10-2-5-16-20-13-8-19-17(24)7-12(18(13)21(16)9-10)11-3-4-14(22)15(23)6-11/h2-6,9,12,22-23H,7-8H2,1H3,(H,19,24)/t12-/m0/s1. The molecule has 0 aliphatic carbocycles. The largest absolute Gasteiger partial charge is 0.504 e. The van der Waals surface area contributed by atoms with Gasteiger partial charge in [0.2, 0.25) is 5.91 Å². The molecule has 6 heteroatoms. The Morgan fingerprint density at radius 3 is 2.83 bits per heavy atom. The van der Waals surface area contributed by atoms with E-state index in [-0.39, 0.29) is 29.7 Å². The number of nitrogens with one attached hydrogen (secondary N) is 1. The second-order valence-corrected chi connectivity index (χ2v) is 6.16. The number of hydrogen-bond donors (Lipinski definition) is 3. The van der Waals surface area contributed by atoms with E-state index in [4.69, 9.17) is 0 Å². The normalized spacial score (nSPS) is 17.4. The molecule has 0 radical (unpaired) electrons. The number of hydrogen-bond acceptors (Lipinski definition) is 4. The van der Waals surface area contributed by atoms with E-state index in [1.165, 1.54) is 12.1 Å². The number of aromatic nitrogens is 2. The summed E-state index contributed by atoms with van der Waals surface area (Å²) in [5.74, 6) is -0.674. The van der Waals surface area contributed by atoms with Crippen LogP contribution in [0.4, 0.5) is 0 Å². The van der Waals surface area contributed by atoms with Crippen molar-refractivity contribution in [3.8, 4) is 11.5 Å². The van der Waals surface area contributed by atoms with E-state index >= 15 is 0 Å². The van der Waals surface area contributed by atoms with Crippen molar-refractivity contribution in [1.29, 1.82) is 0 Å². The number of benzene rings is 1. The van der Waals surface area contributed by atoms with Crippen LogP contribution >= 0.6 is 0 Å². The van der Waals surface area contributed by atoms with Crippen LogP contribution in [0.1, 0.15) is 34.9 Å². The van der Waals surface area contributed by atoms with Gasteiger partial charge in [0.25, 0.3) is 0 Å². The molecule has 0 fully saturated rings. The van der Waals surface area contributed by atoms with Crippen molar-refractivity contribution in [2.45, 2.75) is 25.8 Å². The summed E-state index contributed by atoms with van der Waals surface area (Å²) in [6.07, 6.45) is 2.27. The van der Waals surface area contributed by atoms with Gasteiger partial charge < -0.3 is 19.9 Å². The van der Waals surface area contributed by atoms with E-state index < -0.39 is 0 Å². The zero-order chi connectivity index (χ0) is 16.8. The molecule has 3 N–H and O–H groups in total. The number of carbonyl (C=O) groups excluding carboxylic acids is 1. The van der Waals surface area contributed by atoms with Crippen LogP contribution in [-0.4, -0.2) is 25.5 Å². The van der Waals surface area contributed by atoms with Crippen molar-refractivity contribution >= 4 is 11.6 Å². The molecule has 1 amide bonds. The Hall–Kier alpha value is -3.02. The van der Waals surface area contributed by atoms with Crippen LogP contribution in [0.25, 0.3) is 5.65 Å². The first-order valence-corrected chi connectivity index (χ1v) is 7.79. The smallest absolute Gasteiger partial charge is 0.221 e. The maximum atomic E-state index is 12.1. The summed E-state index contributed by atoms with van der Waals surface area (Å²) >= 11 is 0. The highest BCUT2D eigenvalue weighted by Crippen LogP contribution is 2.36. The summed E-state index contributed by atoms with van der Waals surface area (Å²) in [6, 6.07) is 8.65. The maximum absolute atomic E-state index is 12.1. The summed E-state index contributed by atoms with van der Waals surface area (Å²) in [6.45, 7) is 2.39. The lowest BCUT2D eigenvalue weighted by molar-refractivity contribution is -0.121. The number of pyridine rings is 1. The number of carbonyl (C=O) groups is 1. The van der Waals surface area contributed by atoms with Gasteiger partial charge in [0.05, 0.1) is 17.9 Å². The van der Waals surface area contributed by atoms with Crippen LogP contribution in [0, 0.1) is 6.92 Å². The van der Waals surface area contributed by atoms with E-state index in [0.717, 1.165) is 28.2 Å². The molecule has 3 heterocycles. The van der Waals surface area contributed by atoms with Crippen LogP contribution in [0.3, 0.4) is 0 Å². The number of nitrogens with zero attached hydrogens (tertiary/aromatic N) is 2. The van der Waals surface area contributed by atoms with Gasteiger partial charge in [-0.15, -0.1) is 0 Å². The topological polar surface area (TPSA) is 86.9 Å². The number of amides is 1. The number of aromatic hydroxyl groups is 2. The fourth-order valence-corrected chi connectivity index (χ4v) is 3.29. The lowest BCUT2D eigenvalue weighted by Crippen LogP contribution is -2.21. The van der Waals surface area contributed by atoms with Gasteiger partial charge in [-0.3, -0.25) is 4.79 Å². The lowest BCUT2D eigenvalue weighted by Gasteiger charge is -2.16. The minimum atomic E-state index is -0.245. The highest BCUT2D eigenvalue weighted by atomic mass is 16.3. The molecule has 0 saturated carbocycles. The molecule has 0 unspecified atom stereocenters. The number of aryl methyl sites for hydroxylation is 1. The molecule has 4 rings (SSSR count). The second-order valence-electron chi connectivity index (χ2n) is 6.16. The zero-order valence-corrected chi connectivity index (χ0v) is 13.2. The lowest BCUT2D eigenvalue weighted by atomic mass is 9.91. The molecule has 1 aliphatic heterocycles. The second kappa shape index (κ2) is 5.26. The van der Waals surface area contributed by atoms with E-state index in [2.05, 4.69) is 10.3 Å². The van der Waals surface area contributed by atoms with Gasteiger partial charge in [0.1, 0.15) is 5.65 Å². The van der Waals surface area contributed by atoms with Crippen molar-refractivity contribution in [3.05, 3.63) is 59.0 Å². The third kappa shape index (κ3) is 2.27. The average Bonchev–Trinajstić information content (AvgIpc) is 2.82. The highest BCUT2D eigenvalue weighted by Gasteiger charge is 2.29. The van der Waals surface area contributed by atoms with Gasteiger partial charge >= 0.3 is 0 Å². The molecule has 1 atom stereocenters. The zero-order valence-electron chi connectivity index (χ0n) is 13.2. The van der Waals surface area contributed by atoms with Gasteiger partial charge in [-0.1, -0.05) is 12.1 Å². The van der Waals surface area contributed by atoms with Crippen molar-refractivity contribution in [3.63, 3.8) is 0 Å². The van der Waals surface area contributed by atoms with Crippen LogP contribution < -0.4 is 5.32 Å². The van der Waals surface area contributed by atoms with E-state index in [0.29, 0.717) is 6.54 Å². The van der Waals surface area contributed by atoms with Gasteiger partial charge in [-0.05, 0) is 36.2 Å². The Bertz CT molecular complexity index is 962. The molecular weight excluding hydrogens is 306 g/mol. The first-order valence-electron chi connectivity index (χ1n) is 7.79. The van der Waals surface area contributed by atoms with Crippen molar-refractivity contribution < 1.29 is 15.0 Å². The predicted octanol–water partition coefficient (Wildman–Crippen LogP) is 2.21. The van der Waals surface area contributed by atoms with Crippen LogP contribution in [0.5, 0.6) is 11.5 Å². The molecule has 122 valence electrons. The number of rotatable bonds is 1. The molecule has 1 aliphatic rings. The molecule has 1 aromatic carbocycles. The molecule has 0 saturated heterocycles. The summed E-state index contributed by atoms with van der Waals surface area (Å²) in [4.78, 5) is 16.8. The average molecular weight is 323 g/mol. The van der Waals surface area contributed by atoms with Crippen molar-refractivity contribution in [2.75, 3.05) is 0 Å². The quantitative estimate of drug-likeness (QED) is 0.599. The van der Waals surface area contributed by atoms with E-state index in [9.17, 15) is 15.0 Å². The van der Waals surface area contributed by atoms with Crippen LogP contribution in [0.2, 0.25) is 0 Å². The van der Waals surface area contributed by atoms with Gasteiger partial charge in [0.15, 0.2) is 11.5 Å². The Kier molecular flexibility index (Phi) is 3.19. The van der Waals surface area contributed by atoms with Crippen LogP contribution in [0.15, 0.2) is 36.5 Å². The van der Waals surface area contributed by atoms with Gasteiger partial charge in [-0.2, -0.15) is 0 Å². The molecule has 6 nitrogen and oxygen atoms in total. The van der Waals surface area contributed by atoms with Gasteiger partial charge in [-0.25, -0.2) is 4.98 Å². The fourth-order valence-electron chi connectivity index (χ4n) is 3.29. The Morgan fingerprint density at radius 2 is 2.04 bits per heavy atom. The SMILES string of the molecule is Cc1ccc2nc3c(n2c1)[C@H](c1ccc(O)c(O)c1)CC(=O)NC3. The van der Waals surface area contributed by atoms with Gasteiger partial charge in [0, 0.05) is 18.5 Å². The Balaban J connectivity index is 1.96. The predicted molar refractivity (Wildman–Crippen MR) is 88.0 cm³/mol. The summed E-state index contributed by atoms with van der Waals surface area (Å²) in [5, 5.41) is 22.3. The maximum Gasteiger partial charge on any atom is 0.221 e. The van der Waals surface area contributed by atoms with Crippen molar-refractivity contribution in [1.82, 2.24) is 14.7 Å². The molecule has 0 spiro atoms.